The Hall–Kier alpha value is -2.74. The average molecular weight is 353 g/mol. The number of fused-ring (bicyclic) bond motifs is 1. The third-order valence-corrected chi connectivity index (χ3v) is 3.63. The number of nitrogens with one attached hydrogen (secondary N) is 1. The van der Waals surface area contributed by atoms with E-state index >= 15 is 0 Å². The van der Waals surface area contributed by atoms with Gasteiger partial charge < -0.3 is 19.2 Å². The standard InChI is InChI=1S/C15H13ClN2O6/c16-10-7-9(8-12-14(10)23-6-5-22-12)3-4-17-15(19)11-1-2-13(24-11)18(20)21/h1-2,7-8H,3-6H2,(H,17,19). The van der Waals surface area contributed by atoms with Crippen molar-refractivity contribution in [3.63, 3.8) is 0 Å². The Balaban J connectivity index is 1.59. The Labute approximate surface area is 141 Å². The van der Waals surface area contributed by atoms with Crippen molar-refractivity contribution >= 4 is 23.4 Å². The van der Waals surface area contributed by atoms with Gasteiger partial charge in [0.25, 0.3) is 5.91 Å². The first-order valence-corrected chi connectivity index (χ1v) is 7.53. The van der Waals surface area contributed by atoms with Crippen LogP contribution in [0.15, 0.2) is 28.7 Å². The Morgan fingerprint density at radius 1 is 1.29 bits per heavy atom. The second-order valence-electron chi connectivity index (χ2n) is 5.00. The molecule has 3 rings (SSSR count). The lowest BCUT2D eigenvalue weighted by Gasteiger charge is -2.20. The van der Waals surface area contributed by atoms with Gasteiger partial charge in [0.2, 0.25) is 0 Å². The topological polar surface area (TPSA) is 104 Å². The van der Waals surface area contributed by atoms with Crippen molar-refractivity contribution in [1.82, 2.24) is 5.32 Å². The normalized spacial score (nSPS) is 12.7. The SMILES string of the molecule is O=C(NCCc1cc(Cl)c2c(c1)OCCO2)c1ccc([N+](=O)[O-])o1. The summed E-state index contributed by atoms with van der Waals surface area (Å²) in [6.45, 7) is 1.22. The molecule has 0 fully saturated rings. The molecule has 0 aliphatic carbocycles. The summed E-state index contributed by atoms with van der Waals surface area (Å²) in [7, 11) is 0. The molecular formula is C15H13ClN2O6. The number of hydrogen-bond acceptors (Lipinski definition) is 6. The molecule has 0 bridgehead atoms. The third kappa shape index (κ3) is 3.43. The van der Waals surface area contributed by atoms with E-state index in [0.29, 0.717) is 42.7 Å². The number of rotatable bonds is 5. The van der Waals surface area contributed by atoms with E-state index in [1.54, 1.807) is 6.07 Å². The van der Waals surface area contributed by atoms with Crippen LogP contribution in [0, 0.1) is 10.1 Å². The van der Waals surface area contributed by atoms with Crippen LogP contribution in [-0.4, -0.2) is 30.6 Å². The van der Waals surface area contributed by atoms with Crippen molar-refractivity contribution < 1.29 is 23.6 Å². The van der Waals surface area contributed by atoms with E-state index in [0.717, 1.165) is 11.6 Å². The fourth-order valence-corrected chi connectivity index (χ4v) is 2.55. The van der Waals surface area contributed by atoms with E-state index in [1.807, 2.05) is 6.07 Å². The van der Waals surface area contributed by atoms with E-state index in [-0.39, 0.29) is 5.76 Å². The fourth-order valence-electron chi connectivity index (χ4n) is 2.26. The first-order valence-electron chi connectivity index (χ1n) is 7.15. The van der Waals surface area contributed by atoms with Crippen molar-refractivity contribution in [1.29, 1.82) is 0 Å². The lowest BCUT2D eigenvalue weighted by Crippen LogP contribution is -2.25. The van der Waals surface area contributed by atoms with Crippen molar-refractivity contribution in [2.24, 2.45) is 0 Å². The van der Waals surface area contributed by atoms with E-state index in [1.165, 1.54) is 6.07 Å². The van der Waals surface area contributed by atoms with Gasteiger partial charge in [-0.25, -0.2) is 0 Å². The van der Waals surface area contributed by atoms with Gasteiger partial charge in [-0.05, 0) is 30.2 Å². The van der Waals surface area contributed by atoms with Crippen LogP contribution in [0.4, 0.5) is 5.88 Å². The minimum Gasteiger partial charge on any atom is -0.486 e. The predicted octanol–water partition coefficient (Wildman–Crippen LogP) is 2.58. The summed E-state index contributed by atoms with van der Waals surface area (Å²) in [6.07, 6.45) is 0.505. The highest BCUT2D eigenvalue weighted by molar-refractivity contribution is 6.32. The van der Waals surface area contributed by atoms with E-state index in [4.69, 9.17) is 25.5 Å². The second-order valence-corrected chi connectivity index (χ2v) is 5.41. The highest BCUT2D eigenvalue weighted by Crippen LogP contribution is 2.38. The number of hydrogen-bond donors (Lipinski definition) is 1. The molecule has 2 aromatic rings. The van der Waals surface area contributed by atoms with Gasteiger partial charge in [-0.2, -0.15) is 0 Å². The van der Waals surface area contributed by atoms with Gasteiger partial charge in [0.05, 0.1) is 11.1 Å². The molecule has 0 spiro atoms. The molecule has 1 amide bonds. The summed E-state index contributed by atoms with van der Waals surface area (Å²) in [5.74, 6) is 0.00254. The highest BCUT2D eigenvalue weighted by atomic mass is 35.5. The van der Waals surface area contributed by atoms with Gasteiger partial charge in [-0.1, -0.05) is 11.6 Å². The summed E-state index contributed by atoms with van der Waals surface area (Å²) in [6, 6.07) is 5.95. The summed E-state index contributed by atoms with van der Waals surface area (Å²) in [5, 5.41) is 13.6. The van der Waals surface area contributed by atoms with Crippen molar-refractivity contribution in [3.8, 4) is 11.5 Å². The van der Waals surface area contributed by atoms with Gasteiger partial charge in [0.15, 0.2) is 17.3 Å². The monoisotopic (exact) mass is 352 g/mol. The molecule has 1 aliphatic heterocycles. The largest absolute Gasteiger partial charge is 0.486 e. The van der Waals surface area contributed by atoms with Crippen LogP contribution < -0.4 is 14.8 Å². The number of benzene rings is 1. The lowest BCUT2D eigenvalue weighted by molar-refractivity contribution is -0.402. The van der Waals surface area contributed by atoms with Crippen LogP contribution in [0.3, 0.4) is 0 Å². The molecule has 0 saturated carbocycles. The molecule has 0 saturated heterocycles. The Bertz CT molecular complexity index is 788. The summed E-state index contributed by atoms with van der Waals surface area (Å²) in [4.78, 5) is 21.7. The molecule has 9 heteroatoms. The number of nitrogens with zero attached hydrogens (tertiary/aromatic N) is 1. The van der Waals surface area contributed by atoms with Crippen LogP contribution in [0.1, 0.15) is 16.1 Å². The van der Waals surface area contributed by atoms with Crippen LogP contribution in [0.5, 0.6) is 11.5 Å². The third-order valence-electron chi connectivity index (χ3n) is 3.35. The maximum atomic E-state index is 11.9. The Morgan fingerprint density at radius 3 is 2.83 bits per heavy atom. The number of amides is 1. The molecule has 126 valence electrons. The van der Waals surface area contributed by atoms with Crippen LogP contribution >= 0.6 is 11.6 Å². The molecule has 1 aromatic heterocycles. The Morgan fingerprint density at radius 2 is 2.08 bits per heavy atom. The zero-order valence-corrected chi connectivity index (χ0v) is 13.2. The van der Waals surface area contributed by atoms with Gasteiger partial charge in [-0.15, -0.1) is 0 Å². The smallest absolute Gasteiger partial charge is 0.433 e. The van der Waals surface area contributed by atoms with Gasteiger partial charge in [0.1, 0.15) is 18.1 Å². The van der Waals surface area contributed by atoms with Gasteiger partial charge in [0, 0.05) is 6.54 Å². The van der Waals surface area contributed by atoms with E-state index in [2.05, 4.69) is 5.32 Å². The first kappa shape index (κ1) is 16.1. The minimum atomic E-state index is -0.700. The molecule has 1 aromatic carbocycles. The second kappa shape index (κ2) is 6.79. The van der Waals surface area contributed by atoms with E-state index < -0.39 is 16.7 Å². The lowest BCUT2D eigenvalue weighted by atomic mass is 10.1. The zero-order valence-electron chi connectivity index (χ0n) is 12.4. The van der Waals surface area contributed by atoms with Crippen molar-refractivity contribution in [2.75, 3.05) is 19.8 Å². The van der Waals surface area contributed by atoms with Crippen LogP contribution in [0.2, 0.25) is 5.02 Å². The predicted molar refractivity (Wildman–Crippen MR) is 83.8 cm³/mol. The molecule has 0 unspecified atom stereocenters. The van der Waals surface area contributed by atoms with Crippen molar-refractivity contribution in [2.45, 2.75) is 6.42 Å². The first-order chi connectivity index (χ1) is 11.5. The highest BCUT2D eigenvalue weighted by Gasteiger charge is 2.18. The number of nitro groups is 1. The number of halogens is 1. The summed E-state index contributed by atoms with van der Waals surface area (Å²) in [5.41, 5.74) is 0.870. The number of ether oxygens (including phenoxy) is 2. The molecular weight excluding hydrogens is 340 g/mol. The average Bonchev–Trinajstić information content (AvgIpc) is 3.05. The summed E-state index contributed by atoms with van der Waals surface area (Å²) < 4.78 is 15.8. The van der Waals surface area contributed by atoms with Crippen LogP contribution in [-0.2, 0) is 6.42 Å². The van der Waals surface area contributed by atoms with Crippen molar-refractivity contribution in [3.05, 3.63) is 50.7 Å². The molecule has 24 heavy (non-hydrogen) atoms. The van der Waals surface area contributed by atoms with Crippen LogP contribution in [0.25, 0.3) is 0 Å². The number of carbonyl (C=O) groups excluding carboxylic acids is 1. The molecule has 2 heterocycles. The zero-order chi connectivity index (χ0) is 17.1. The van der Waals surface area contributed by atoms with Gasteiger partial charge >= 0.3 is 5.88 Å². The fraction of sp³-hybridized carbons (Fsp3) is 0.267. The number of carbonyl (C=O) groups is 1. The maximum Gasteiger partial charge on any atom is 0.433 e. The molecule has 1 aliphatic rings. The maximum absolute atomic E-state index is 11.9. The van der Waals surface area contributed by atoms with E-state index in [9.17, 15) is 14.9 Å². The minimum absolute atomic E-state index is 0.109. The summed E-state index contributed by atoms with van der Waals surface area (Å²) >= 11 is 6.15. The molecule has 0 radical (unpaired) electrons. The molecule has 0 atom stereocenters. The quantitative estimate of drug-likeness (QED) is 0.655. The molecule has 8 nitrogen and oxygen atoms in total. The van der Waals surface area contributed by atoms with Gasteiger partial charge in [-0.3, -0.25) is 14.9 Å². The number of furan rings is 1. The molecule has 1 N–H and O–H groups in total. The Kier molecular flexibility index (Phi) is 4.57.